The van der Waals surface area contributed by atoms with E-state index in [-0.39, 0.29) is 17.3 Å². The van der Waals surface area contributed by atoms with E-state index < -0.39 is 4.92 Å². The number of nitrogens with one attached hydrogen (secondary N) is 1. The molecular weight excluding hydrogens is 312 g/mol. The van der Waals surface area contributed by atoms with E-state index in [1.165, 1.54) is 22.8 Å². The quantitative estimate of drug-likeness (QED) is 0.577. The number of rotatable bonds is 4. The Kier molecular flexibility index (Phi) is 3.76. The van der Waals surface area contributed by atoms with E-state index in [1.807, 2.05) is 6.92 Å². The van der Waals surface area contributed by atoms with Gasteiger partial charge >= 0.3 is 0 Å². The number of benzene rings is 1. The average Bonchev–Trinajstić information content (AvgIpc) is 2.98. The van der Waals surface area contributed by atoms with Gasteiger partial charge in [-0.1, -0.05) is 0 Å². The fourth-order valence-corrected chi connectivity index (χ4v) is 2.53. The number of hydrogen-bond donors (Lipinski definition) is 1. The highest BCUT2D eigenvalue weighted by molar-refractivity contribution is 5.93. The molecule has 0 amide bonds. The maximum Gasteiger partial charge on any atom is 0.270 e. The Balaban J connectivity index is 2.12. The number of aryl methyl sites for hydroxylation is 2. The Morgan fingerprint density at radius 2 is 2.04 bits per heavy atom. The molecule has 0 saturated heterocycles. The first-order valence-corrected chi connectivity index (χ1v) is 7.27. The van der Waals surface area contributed by atoms with Crippen LogP contribution in [-0.4, -0.2) is 24.3 Å². The zero-order valence-electron chi connectivity index (χ0n) is 13.4. The van der Waals surface area contributed by atoms with Crippen LogP contribution in [0.3, 0.4) is 0 Å². The molecule has 1 aromatic carbocycles. The second-order valence-corrected chi connectivity index (χ2v) is 5.56. The first-order chi connectivity index (χ1) is 11.4. The van der Waals surface area contributed by atoms with Gasteiger partial charge in [-0.2, -0.15) is 5.10 Å². The van der Waals surface area contributed by atoms with E-state index >= 15 is 0 Å². The van der Waals surface area contributed by atoms with Gasteiger partial charge in [-0.05, 0) is 13.0 Å². The van der Waals surface area contributed by atoms with Gasteiger partial charge in [-0.25, -0.2) is 4.98 Å². The number of nitro benzene ring substituents is 1. The predicted octanol–water partition coefficient (Wildman–Crippen LogP) is 1.75. The summed E-state index contributed by atoms with van der Waals surface area (Å²) in [5, 5.41) is 19.0. The van der Waals surface area contributed by atoms with Crippen LogP contribution in [0.2, 0.25) is 0 Å². The van der Waals surface area contributed by atoms with Crippen molar-refractivity contribution in [3.05, 3.63) is 56.9 Å². The molecule has 0 bridgehead atoms. The normalized spacial score (nSPS) is 12.3. The number of fused-ring (bicyclic) bond motifs is 1. The van der Waals surface area contributed by atoms with Crippen LogP contribution < -0.4 is 10.9 Å². The lowest BCUT2D eigenvalue weighted by Crippen LogP contribution is -2.19. The molecule has 0 aliphatic carbocycles. The van der Waals surface area contributed by atoms with Gasteiger partial charge in [0.05, 0.1) is 16.5 Å². The van der Waals surface area contributed by atoms with Crippen molar-refractivity contribution >= 4 is 22.3 Å². The highest BCUT2D eigenvalue weighted by Crippen LogP contribution is 2.28. The minimum absolute atomic E-state index is 0.0344. The maximum absolute atomic E-state index is 12.1. The second-order valence-electron chi connectivity index (χ2n) is 5.56. The van der Waals surface area contributed by atoms with Crippen molar-refractivity contribution in [1.82, 2.24) is 19.3 Å². The van der Waals surface area contributed by atoms with Crippen LogP contribution in [-0.2, 0) is 14.1 Å². The Morgan fingerprint density at radius 3 is 2.67 bits per heavy atom. The van der Waals surface area contributed by atoms with Crippen molar-refractivity contribution in [2.75, 3.05) is 5.32 Å². The average molecular weight is 328 g/mol. The van der Waals surface area contributed by atoms with Gasteiger partial charge in [-0.15, -0.1) is 0 Å². The zero-order chi connectivity index (χ0) is 17.4. The highest BCUT2D eigenvalue weighted by Gasteiger charge is 2.16. The van der Waals surface area contributed by atoms with E-state index in [2.05, 4.69) is 15.4 Å². The summed E-state index contributed by atoms with van der Waals surface area (Å²) < 4.78 is 3.04. The van der Waals surface area contributed by atoms with Gasteiger partial charge in [0.15, 0.2) is 5.82 Å². The van der Waals surface area contributed by atoms with Gasteiger partial charge in [-0.3, -0.25) is 19.6 Å². The monoisotopic (exact) mass is 328 g/mol. The molecule has 124 valence electrons. The summed E-state index contributed by atoms with van der Waals surface area (Å²) in [6.45, 7) is 1.86. The molecule has 2 aromatic heterocycles. The molecule has 3 rings (SSSR count). The molecule has 9 heteroatoms. The van der Waals surface area contributed by atoms with Gasteiger partial charge < -0.3 is 9.88 Å². The molecule has 0 radical (unpaired) electrons. The summed E-state index contributed by atoms with van der Waals surface area (Å²) in [6.07, 6.45) is 1.58. The molecule has 2 heterocycles. The van der Waals surface area contributed by atoms with Crippen LogP contribution in [0.4, 0.5) is 11.4 Å². The van der Waals surface area contributed by atoms with Crippen molar-refractivity contribution in [2.45, 2.75) is 13.0 Å². The molecule has 0 aliphatic rings. The number of pyridine rings is 1. The third kappa shape index (κ3) is 2.71. The number of anilines is 1. The van der Waals surface area contributed by atoms with Crippen molar-refractivity contribution in [3.63, 3.8) is 0 Å². The van der Waals surface area contributed by atoms with Gasteiger partial charge in [0, 0.05) is 43.4 Å². The fourth-order valence-electron chi connectivity index (χ4n) is 2.53. The predicted molar refractivity (Wildman–Crippen MR) is 88.9 cm³/mol. The minimum Gasteiger partial charge on any atom is -0.375 e. The van der Waals surface area contributed by atoms with Crippen LogP contribution in [0.15, 0.2) is 35.4 Å². The summed E-state index contributed by atoms with van der Waals surface area (Å²) in [5.74, 6) is 0.566. The molecule has 24 heavy (non-hydrogen) atoms. The van der Waals surface area contributed by atoms with Gasteiger partial charge in [0.2, 0.25) is 0 Å². The molecule has 3 aromatic rings. The van der Waals surface area contributed by atoms with E-state index in [9.17, 15) is 14.9 Å². The van der Waals surface area contributed by atoms with Crippen LogP contribution in [0.1, 0.15) is 18.8 Å². The van der Waals surface area contributed by atoms with Gasteiger partial charge in [0.1, 0.15) is 6.33 Å². The van der Waals surface area contributed by atoms with Crippen molar-refractivity contribution < 1.29 is 4.92 Å². The molecule has 0 spiro atoms. The molecule has 0 fully saturated rings. The molecule has 0 aliphatic heterocycles. The third-order valence-electron chi connectivity index (χ3n) is 3.82. The number of non-ortho nitro benzene ring substituents is 1. The second kappa shape index (κ2) is 5.76. The van der Waals surface area contributed by atoms with Crippen LogP contribution in [0, 0.1) is 10.1 Å². The fraction of sp³-hybridized carbons (Fsp3) is 0.267. The Bertz CT molecular complexity index is 991. The first-order valence-electron chi connectivity index (χ1n) is 7.27. The van der Waals surface area contributed by atoms with Crippen LogP contribution >= 0.6 is 0 Å². The van der Waals surface area contributed by atoms with E-state index in [0.29, 0.717) is 22.4 Å². The summed E-state index contributed by atoms with van der Waals surface area (Å²) in [5.41, 5.74) is 0.876. The number of aromatic nitrogens is 4. The SMILES string of the molecule is CC(Nc1cc(=O)n(C)c2ccc([N+](=O)[O-])cc12)c1ncn(C)n1. The van der Waals surface area contributed by atoms with Crippen molar-refractivity contribution in [3.8, 4) is 0 Å². The molecule has 1 unspecified atom stereocenters. The smallest absolute Gasteiger partial charge is 0.270 e. The van der Waals surface area contributed by atoms with Crippen LogP contribution in [0.5, 0.6) is 0 Å². The molecule has 1 atom stereocenters. The minimum atomic E-state index is -0.460. The topological polar surface area (TPSA) is 108 Å². The molecule has 9 nitrogen and oxygen atoms in total. The van der Waals surface area contributed by atoms with Crippen molar-refractivity contribution in [1.29, 1.82) is 0 Å². The summed E-state index contributed by atoms with van der Waals surface area (Å²) in [4.78, 5) is 26.9. The van der Waals surface area contributed by atoms with Crippen molar-refractivity contribution in [2.24, 2.45) is 14.1 Å². The Hall–Kier alpha value is -3.23. The molecule has 1 N–H and O–H groups in total. The maximum atomic E-state index is 12.1. The number of nitro groups is 1. The lowest BCUT2D eigenvalue weighted by atomic mass is 10.1. The largest absolute Gasteiger partial charge is 0.375 e. The molecular formula is C15H16N6O3. The third-order valence-corrected chi connectivity index (χ3v) is 3.82. The first kappa shape index (κ1) is 15.7. The standard InChI is InChI=1S/C15H16N6O3/c1-9(15-16-8-19(2)18-15)17-12-7-14(22)20(3)13-5-4-10(21(23)24)6-11(12)13/h4-9,17H,1-3H3. The highest BCUT2D eigenvalue weighted by atomic mass is 16.6. The molecule has 0 saturated carbocycles. The number of nitrogens with zero attached hydrogens (tertiary/aromatic N) is 5. The summed E-state index contributed by atoms with van der Waals surface area (Å²) in [7, 11) is 3.39. The van der Waals surface area contributed by atoms with E-state index in [4.69, 9.17) is 0 Å². The lowest BCUT2D eigenvalue weighted by molar-refractivity contribution is -0.384. The van der Waals surface area contributed by atoms with Gasteiger partial charge in [0.25, 0.3) is 11.2 Å². The summed E-state index contributed by atoms with van der Waals surface area (Å²) >= 11 is 0. The zero-order valence-corrected chi connectivity index (χ0v) is 13.4. The van der Waals surface area contributed by atoms with Crippen LogP contribution in [0.25, 0.3) is 10.9 Å². The Labute approximate surface area is 136 Å². The lowest BCUT2D eigenvalue weighted by Gasteiger charge is -2.15. The van der Waals surface area contributed by atoms with E-state index in [0.717, 1.165) is 0 Å². The van der Waals surface area contributed by atoms with E-state index in [1.54, 1.807) is 31.2 Å². The number of hydrogen-bond acceptors (Lipinski definition) is 6. The Morgan fingerprint density at radius 1 is 1.29 bits per heavy atom. The summed E-state index contributed by atoms with van der Waals surface area (Å²) in [6, 6.07) is 5.57.